The molecule has 0 N–H and O–H groups in total. The van der Waals surface area contributed by atoms with Crippen molar-refractivity contribution >= 4 is 22.9 Å². The van der Waals surface area contributed by atoms with E-state index in [0.29, 0.717) is 23.5 Å². The van der Waals surface area contributed by atoms with Crippen LogP contribution in [0.2, 0.25) is 0 Å². The van der Waals surface area contributed by atoms with Gasteiger partial charge < -0.3 is 13.9 Å². The minimum Gasteiger partial charge on any atom is -0.462 e. The lowest BCUT2D eigenvalue weighted by atomic mass is 10.2. The average molecular weight is 338 g/mol. The largest absolute Gasteiger partial charge is 0.462 e. The third-order valence-corrected chi connectivity index (χ3v) is 3.66. The van der Waals surface area contributed by atoms with Crippen LogP contribution in [-0.4, -0.2) is 18.5 Å². The molecule has 5 heteroatoms. The third-order valence-electron chi connectivity index (χ3n) is 3.66. The van der Waals surface area contributed by atoms with Gasteiger partial charge in [-0.2, -0.15) is 0 Å². The minimum absolute atomic E-state index is 0.129. The maximum Gasteiger partial charge on any atom is 0.379 e. The SMILES string of the molecule is CCCCOC(=O)c1ccc(OC(=O)c2cc3ccccc3o2)cc1. The molecule has 0 aliphatic heterocycles. The second-order valence-electron chi connectivity index (χ2n) is 5.55. The predicted octanol–water partition coefficient (Wildman–Crippen LogP) is 4.61. The zero-order valence-corrected chi connectivity index (χ0v) is 13.9. The molecule has 0 saturated heterocycles. The lowest BCUT2D eigenvalue weighted by molar-refractivity contribution is 0.0499. The number of unbranched alkanes of at least 4 members (excludes halogenated alkanes) is 1. The Bertz CT molecular complexity index is 843. The van der Waals surface area contributed by atoms with Crippen LogP contribution >= 0.6 is 0 Å². The van der Waals surface area contributed by atoms with E-state index in [1.54, 1.807) is 36.4 Å². The zero-order valence-electron chi connectivity index (χ0n) is 13.9. The number of hydrogen-bond acceptors (Lipinski definition) is 5. The molecule has 0 spiro atoms. The van der Waals surface area contributed by atoms with Crippen molar-refractivity contribution in [1.82, 2.24) is 0 Å². The Labute approximate surface area is 145 Å². The van der Waals surface area contributed by atoms with Crippen molar-refractivity contribution in [2.75, 3.05) is 6.61 Å². The van der Waals surface area contributed by atoms with Crippen LogP contribution in [0.4, 0.5) is 0 Å². The molecule has 0 atom stereocenters. The Morgan fingerprint density at radius 3 is 2.48 bits per heavy atom. The molecule has 0 fully saturated rings. The molecular formula is C20H18O5. The van der Waals surface area contributed by atoms with Gasteiger partial charge in [-0.1, -0.05) is 31.5 Å². The van der Waals surface area contributed by atoms with Crippen LogP contribution in [0.25, 0.3) is 11.0 Å². The fraction of sp³-hybridized carbons (Fsp3) is 0.200. The van der Waals surface area contributed by atoms with Crippen LogP contribution in [-0.2, 0) is 4.74 Å². The van der Waals surface area contributed by atoms with Crippen LogP contribution in [0.3, 0.4) is 0 Å². The molecule has 1 aromatic heterocycles. The van der Waals surface area contributed by atoms with Crippen molar-refractivity contribution in [1.29, 1.82) is 0 Å². The van der Waals surface area contributed by atoms with Gasteiger partial charge in [-0.3, -0.25) is 0 Å². The van der Waals surface area contributed by atoms with E-state index in [1.165, 1.54) is 0 Å². The second-order valence-corrected chi connectivity index (χ2v) is 5.55. The van der Waals surface area contributed by atoms with E-state index < -0.39 is 5.97 Å². The second kappa shape index (κ2) is 7.66. The topological polar surface area (TPSA) is 65.7 Å². The maximum atomic E-state index is 12.2. The molecule has 0 bridgehead atoms. The highest BCUT2D eigenvalue weighted by molar-refractivity contribution is 5.94. The van der Waals surface area contributed by atoms with Crippen molar-refractivity contribution in [3.8, 4) is 5.75 Å². The normalized spacial score (nSPS) is 10.6. The number of benzene rings is 2. The first-order valence-corrected chi connectivity index (χ1v) is 8.15. The van der Waals surface area contributed by atoms with E-state index in [9.17, 15) is 9.59 Å². The number of rotatable bonds is 6. The number of fused-ring (bicyclic) bond motifs is 1. The monoisotopic (exact) mass is 338 g/mol. The van der Waals surface area contributed by atoms with Gasteiger partial charge in [0.15, 0.2) is 0 Å². The lowest BCUT2D eigenvalue weighted by Gasteiger charge is -2.05. The summed E-state index contributed by atoms with van der Waals surface area (Å²) in [7, 11) is 0. The number of furan rings is 1. The number of para-hydroxylation sites is 1. The van der Waals surface area contributed by atoms with Gasteiger partial charge in [-0.05, 0) is 42.8 Å². The van der Waals surface area contributed by atoms with Crippen molar-refractivity contribution in [3.05, 3.63) is 65.9 Å². The van der Waals surface area contributed by atoms with Gasteiger partial charge in [0.1, 0.15) is 11.3 Å². The molecule has 0 aliphatic carbocycles. The van der Waals surface area contributed by atoms with Crippen LogP contribution in [0.5, 0.6) is 5.75 Å². The van der Waals surface area contributed by atoms with Gasteiger partial charge in [0.05, 0.1) is 12.2 Å². The number of ether oxygens (including phenoxy) is 2. The van der Waals surface area contributed by atoms with E-state index in [-0.39, 0.29) is 11.7 Å². The van der Waals surface area contributed by atoms with Gasteiger partial charge in [0.25, 0.3) is 0 Å². The van der Waals surface area contributed by atoms with Gasteiger partial charge in [-0.15, -0.1) is 0 Å². The Kier molecular flexibility index (Phi) is 5.14. The standard InChI is InChI=1S/C20H18O5/c1-2-3-12-23-19(21)14-8-10-16(11-9-14)24-20(22)18-13-15-6-4-5-7-17(15)25-18/h4-11,13H,2-3,12H2,1H3. The highest BCUT2D eigenvalue weighted by Crippen LogP contribution is 2.21. The summed E-state index contributed by atoms with van der Waals surface area (Å²) < 4.78 is 15.9. The van der Waals surface area contributed by atoms with Crippen molar-refractivity contribution in [2.24, 2.45) is 0 Å². The quantitative estimate of drug-likeness (QED) is 0.373. The summed E-state index contributed by atoms with van der Waals surface area (Å²) in [5.41, 5.74) is 1.04. The first-order valence-electron chi connectivity index (χ1n) is 8.15. The predicted molar refractivity (Wildman–Crippen MR) is 92.8 cm³/mol. The summed E-state index contributed by atoms with van der Waals surface area (Å²) in [4.78, 5) is 24.0. The molecule has 5 nitrogen and oxygen atoms in total. The summed E-state index contributed by atoms with van der Waals surface area (Å²) in [6.45, 7) is 2.43. The first-order chi connectivity index (χ1) is 12.2. The van der Waals surface area contributed by atoms with Gasteiger partial charge >= 0.3 is 11.9 Å². The first kappa shape index (κ1) is 16.8. The number of carbonyl (C=O) groups is 2. The smallest absolute Gasteiger partial charge is 0.379 e. The Hall–Kier alpha value is -3.08. The minimum atomic E-state index is -0.588. The van der Waals surface area contributed by atoms with E-state index in [4.69, 9.17) is 13.9 Å². The molecule has 2 aromatic carbocycles. The molecule has 3 aromatic rings. The van der Waals surface area contributed by atoms with Crippen molar-refractivity contribution in [2.45, 2.75) is 19.8 Å². The van der Waals surface area contributed by atoms with Crippen molar-refractivity contribution < 1.29 is 23.5 Å². The summed E-state index contributed by atoms with van der Waals surface area (Å²) in [6, 6.07) is 15.2. The van der Waals surface area contributed by atoms with E-state index in [0.717, 1.165) is 18.2 Å². The number of esters is 2. The van der Waals surface area contributed by atoms with Gasteiger partial charge in [0, 0.05) is 5.39 Å². The van der Waals surface area contributed by atoms with Crippen LogP contribution < -0.4 is 4.74 Å². The Balaban J connectivity index is 1.64. The lowest BCUT2D eigenvalue weighted by Crippen LogP contribution is -2.08. The zero-order chi connectivity index (χ0) is 17.6. The number of hydrogen-bond donors (Lipinski definition) is 0. The average Bonchev–Trinajstić information content (AvgIpc) is 3.07. The molecule has 0 aliphatic rings. The van der Waals surface area contributed by atoms with Crippen LogP contribution in [0.1, 0.15) is 40.7 Å². The van der Waals surface area contributed by atoms with Gasteiger partial charge in [0.2, 0.25) is 5.76 Å². The molecule has 25 heavy (non-hydrogen) atoms. The van der Waals surface area contributed by atoms with E-state index in [1.807, 2.05) is 25.1 Å². The molecule has 3 rings (SSSR count). The highest BCUT2D eigenvalue weighted by atomic mass is 16.5. The summed E-state index contributed by atoms with van der Waals surface area (Å²) in [6.07, 6.45) is 1.79. The molecule has 0 radical (unpaired) electrons. The maximum absolute atomic E-state index is 12.2. The van der Waals surface area contributed by atoms with E-state index in [2.05, 4.69) is 0 Å². The molecular weight excluding hydrogens is 320 g/mol. The molecule has 0 saturated carbocycles. The molecule has 1 heterocycles. The third kappa shape index (κ3) is 4.07. The summed E-state index contributed by atoms with van der Waals surface area (Å²) >= 11 is 0. The van der Waals surface area contributed by atoms with Crippen molar-refractivity contribution in [3.63, 3.8) is 0 Å². The Morgan fingerprint density at radius 2 is 1.76 bits per heavy atom. The number of carbonyl (C=O) groups excluding carboxylic acids is 2. The molecule has 0 unspecified atom stereocenters. The fourth-order valence-corrected chi connectivity index (χ4v) is 2.29. The molecule has 0 amide bonds. The molecule has 128 valence electrons. The fourth-order valence-electron chi connectivity index (χ4n) is 2.29. The summed E-state index contributed by atoms with van der Waals surface area (Å²) in [5.74, 6) is -0.516. The van der Waals surface area contributed by atoms with E-state index >= 15 is 0 Å². The van der Waals surface area contributed by atoms with Gasteiger partial charge in [-0.25, -0.2) is 9.59 Å². The highest BCUT2D eigenvalue weighted by Gasteiger charge is 2.15. The van der Waals surface area contributed by atoms with Crippen LogP contribution in [0.15, 0.2) is 59.0 Å². The van der Waals surface area contributed by atoms with Crippen LogP contribution in [0, 0.1) is 0 Å². The Morgan fingerprint density at radius 1 is 1.00 bits per heavy atom. The summed E-state index contributed by atoms with van der Waals surface area (Å²) in [5, 5.41) is 0.833.